The van der Waals surface area contributed by atoms with Gasteiger partial charge in [-0.3, -0.25) is 4.79 Å². The van der Waals surface area contributed by atoms with Crippen molar-refractivity contribution in [3.8, 4) is 6.07 Å². The Balaban J connectivity index is 2.09. The van der Waals surface area contributed by atoms with Crippen LogP contribution in [0.2, 0.25) is 0 Å². The van der Waals surface area contributed by atoms with E-state index in [4.69, 9.17) is 11.0 Å². The predicted molar refractivity (Wildman–Crippen MR) is 79.1 cm³/mol. The summed E-state index contributed by atoms with van der Waals surface area (Å²) in [7, 11) is 0. The van der Waals surface area contributed by atoms with Gasteiger partial charge in [-0.2, -0.15) is 5.26 Å². The molecule has 1 fully saturated rings. The Kier molecular flexibility index (Phi) is 4.59. The van der Waals surface area contributed by atoms with Crippen LogP contribution in [0.1, 0.15) is 49.7 Å². The lowest BCUT2D eigenvalue weighted by Gasteiger charge is -2.32. The van der Waals surface area contributed by atoms with Gasteiger partial charge in [-0.15, -0.1) is 0 Å². The van der Waals surface area contributed by atoms with Gasteiger partial charge in [0.2, 0.25) is 5.91 Å². The predicted octanol–water partition coefficient (Wildman–Crippen LogP) is 3.00. The Hall–Kier alpha value is -1.93. The van der Waals surface area contributed by atoms with Crippen LogP contribution in [-0.4, -0.2) is 11.4 Å². The summed E-state index contributed by atoms with van der Waals surface area (Å²) in [6.45, 7) is 1.57. The largest absolute Gasteiger partial charge is 0.326 e. The molecule has 3 N–H and O–H groups in total. The number of nitrogens with one attached hydrogen (secondary N) is 1. The van der Waals surface area contributed by atoms with E-state index in [2.05, 4.69) is 5.32 Å². The maximum Gasteiger partial charge on any atom is 0.226 e. The molecule has 0 atom stereocenters. The summed E-state index contributed by atoms with van der Waals surface area (Å²) in [5.41, 5.74) is 6.66. The van der Waals surface area contributed by atoms with Crippen molar-refractivity contribution in [3.63, 3.8) is 0 Å². The van der Waals surface area contributed by atoms with Gasteiger partial charge < -0.3 is 11.1 Å². The van der Waals surface area contributed by atoms with Crippen LogP contribution in [-0.2, 0) is 4.79 Å². The van der Waals surface area contributed by atoms with Crippen LogP contribution in [0.15, 0.2) is 12.1 Å². The van der Waals surface area contributed by atoms with Gasteiger partial charge in [-0.25, -0.2) is 4.39 Å². The summed E-state index contributed by atoms with van der Waals surface area (Å²) in [5, 5.41) is 11.6. The summed E-state index contributed by atoms with van der Waals surface area (Å²) in [6.07, 6.45) is 5.15. The SMILES string of the molecule is Cc1c(F)cc(C#N)cc1NC(=O)CC1(N)CCCCC1. The molecule has 4 nitrogen and oxygen atoms in total. The molecule has 0 bridgehead atoms. The third-order valence-corrected chi connectivity index (χ3v) is 4.11. The highest BCUT2D eigenvalue weighted by Crippen LogP contribution is 2.29. The second-order valence-electron chi connectivity index (χ2n) is 5.89. The first-order valence-electron chi connectivity index (χ1n) is 7.22. The minimum absolute atomic E-state index is 0.188. The molecule has 0 unspecified atom stereocenters. The van der Waals surface area contributed by atoms with E-state index in [1.54, 1.807) is 6.92 Å². The van der Waals surface area contributed by atoms with Gasteiger partial charge >= 0.3 is 0 Å². The van der Waals surface area contributed by atoms with Crippen molar-refractivity contribution in [2.45, 2.75) is 51.0 Å². The fourth-order valence-electron chi connectivity index (χ4n) is 2.82. The molecule has 0 radical (unpaired) electrons. The fraction of sp³-hybridized carbons (Fsp3) is 0.500. The third kappa shape index (κ3) is 3.79. The van der Waals surface area contributed by atoms with E-state index in [1.165, 1.54) is 6.07 Å². The Labute approximate surface area is 124 Å². The second-order valence-corrected chi connectivity index (χ2v) is 5.89. The quantitative estimate of drug-likeness (QED) is 0.897. The highest BCUT2D eigenvalue weighted by atomic mass is 19.1. The lowest BCUT2D eigenvalue weighted by atomic mass is 9.80. The molecule has 0 aromatic heterocycles. The molecular formula is C16H20FN3O. The van der Waals surface area contributed by atoms with Crippen molar-refractivity contribution in [1.82, 2.24) is 0 Å². The molecule has 0 heterocycles. The number of rotatable bonds is 3. The van der Waals surface area contributed by atoms with Crippen LogP contribution in [0.5, 0.6) is 0 Å². The molecule has 1 amide bonds. The van der Waals surface area contributed by atoms with Crippen LogP contribution < -0.4 is 11.1 Å². The molecule has 1 aromatic carbocycles. The zero-order valence-electron chi connectivity index (χ0n) is 12.2. The molecule has 1 aliphatic rings. The van der Waals surface area contributed by atoms with Gasteiger partial charge in [0.05, 0.1) is 11.6 Å². The van der Waals surface area contributed by atoms with E-state index in [0.717, 1.165) is 38.2 Å². The molecule has 1 saturated carbocycles. The molecule has 1 aliphatic carbocycles. The molecule has 0 saturated heterocycles. The van der Waals surface area contributed by atoms with Crippen molar-refractivity contribution in [3.05, 3.63) is 29.1 Å². The fourth-order valence-corrected chi connectivity index (χ4v) is 2.82. The molecular weight excluding hydrogens is 269 g/mol. The van der Waals surface area contributed by atoms with Gasteiger partial charge in [0.15, 0.2) is 0 Å². The van der Waals surface area contributed by atoms with Gasteiger partial charge in [0.25, 0.3) is 0 Å². The number of halogens is 1. The van der Waals surface area contributed by atoms with Crippen LogP contribution >= 0.6 is 0 Å². The number of hydrogen-bond acceptors (Lipinski definition) is 3. The van der Waals surface area contributed by atoms with Crippen LogP contribution in [0, 0.1) is 24.1 Å². The summed E-state index contributed by atoms with van der Waals surface area (Å²) in [5.74, 6) is -0.721. The lowest BCUT2D eigenvalue weighted by Crippen LogP contribution is -2.44. The van der Waals surface area contributed by atoms with E-state index >= 15 is 0 Å². The van der Waals surface area contributed by atoms with Gasteiger partial charge in [0, 0.05) is 23.2 Å². The molecule has 2 rings (SSSR count). The van der Waals surface area contributed by atoms with Gasteiger partial charge in [-0.1, -0.05) is 19.3 Å². The first kappa shape index (κ1) is 15.5. The normalized spacial score (nSPS) is 17.0. The standard InChI is InChI=1S/C16H20FN3O/c1-11-13(17)7-12(10-18)8-14(11)20-15(21)9-16(19)5-3-2-4-6-16/h7-8H,2-6,9,19H2,1H3,(H,20,21). The number of amides is 1. The van der Waals surface area contributed by atoms with E-state index in [9.17, 15) is 9.18 Å². The Morgan fingerprint density at radius 3 is 2.71 bits per heavy atom. The zero-order valence-corrected chi connectivity index (χ0v) is 12.2. The summed E-state index contributed by atoms with van der Waals surface area (Å²) < 4.78 is 13.7. The van der Waals surface area contributed by atoms with Crippen molar-refractivity contribution in [2.75, 3.05) is 5.32 Å². The van der Waals surface area contributed by atoms with Gasteiger partial charge in [0.1, 0.15) is 5.82 Å². The number of benzene rings is 1. The molecule has 0 spiro atoms. The summed E-state index contributed by atoms with van der Waals surface area (Å²) in [4.78, 5) is 12.2. The monoisotopic (exact) mass is 289 g/mol. The number of carbonyl (C=O) groups excluding carboxylic acids is 1. The average Bonchev–Trinajstić information content (AvgIpc) is 2.43. The number of carbonyl (C=O) groups is 1. The molecule has 5 heteroatoms. The highest BCUT2D eigenvalue weighted by Gasteiger charge is 2.30. The highest BCUT2D eigenvalue weighted by molar-refractivity contribution is 5.92. The van der Waals surface area contributed by atoms with Gasteiger partial charge in [-0.05, 0) is 31.9 Å². The smallest absolute Gasteiger partial charge is 0.226 e. The maximum absolute atomic E-state index is 13.7. The summed E-state index contributed by atoms with van der Waals surface area (Å²) >= 11 is 0. The van der Waals surface area contributed by atoms with Crippen molar-refractivity contribution in [1.29, 1.82) is 5.26 Å². The van der Waals surface area contributed by atoms with E-state index in [0.29, 0.717) is 11.3 Å². The lowest BCUT2D eigenvalue weighted by molar-refractivity contribution is -0.117. The summed E-state index contributed by atoms with van der Waals surface area (Å²) in [6, 6.07) is 4.53. The van der Waals surface area contributed by atoms with Crippen LogP contribution in [0.3, 0.4) is 0 Å². The number of nitriles is 1. The maximum atomic E-state index is 13.7. The molecule has 0 aliphatic heterocycles. The van der Waals surface area contributed by atoms with Crippen molar-refractivity contribution < 1.29 is 9.18 Å². The van der Waals surface area contributed by atoms with Crippen molar-refractivity contribution >= 4 is 11.6 Å². The Bertz CT molecular complexity index is 586. The third-order valence-electron chi connectivity index (χ3n) is 4.11. The van der Waals surface area contributed by atoms with Crippen molar-refractivity contribution in [2.24, 2.45) is 5.73 Å². The minimum atomic E-state index is -0.496. The molecule has 21 heavy (non-hydrogen) atoms. The van der Waals surface area contributed by atoms with Crippen LogP contribution in [0.25, 0.3) is 0 Å². The van der Waals surface area contributed by atoms with Crippen LogP contribution in [0.4, 0.5) is 10.1 Å². The number of anilines is 1. The Morgan fingerprint density at radius 2 is 2.10 bits per heavy atom. The molecule has 112 valence electrons. The number of hydrogen-bond donors (Lipinski definition) is 2. The number of nitrogens with zero attached hydrogens (tertiary/aromatic N) is 1. The average molecular weight is 289 g/mol. The van der Waals surface area contributed by atoms with E-state index in [-0.39, 0.29) is 17.9 Å². The Morgan fingerprint density at radius 1 is 1.43 bits per heavy atom. The topological polar surface area (TPSA) is 78.9 Å². The zero-order chi connectivity index (χ0) is 15.5. The first-order chi connectivity index (χ1) is 9.93. The van der Waals surface area contributed by atoms with E-state index in [1.807, 2.05) is 6.07 Å². The second kappa shape index (κ2) is 6.23. The molecule has 1 aromatic rings. The first-order valence-corrected chi connectivity index (χ1v) is 7.22. The van der Waals surface area contributed by atoms with E-state index < -0.39 is 11.4 Å². The number of nitrogens with two attached hydrogens (primary N) is 1. The minimum Gasteiger partial charge on any atom is -0.326 e.